The Bertz CT molecular complexity index is 1260. The molecule has 0 spiro atoms. The molecule has 0 aromatic heterocycles. The van der Waals surface area contributed by atoms with Crippen LogP contribution in [0.3, 0.4) is 0 Å². The minimum Gasteiger partial charge on any atom is -0.348 e. The molecule has 8 heteroatoms. The Morgan fingerprint density at radius 3 is 2.72 bits per heavy atom. The standard InChI is InChI=1S/C21H18FN3O4/c22-18-13(10-23-19(27)12-4-2-1-3-5-12)6-7-14-15(18)11-25(21(14)29)16-8-9-17(26)24-20(16)28/h1-7,16H,8-11H2,(H,23,27)(H,24,26,28)/i1D,2D,3D,4D,5D. The van der Waals surface area contributed by atoms with Gasteiger partial charge in [0.05, 0.1) is 13.4 Å². The highest BCUT2D eigenvalue weighted by Crippen LogP contribution is 2.30. The van der Waals surface area contributed by atoms with E-state index in [4.69, 9.17) is 6.85 Å². The fraction of sp³-hybridized carbons (Fsp3) is 0.238. The predicted molar refractivity (Wildman–Crippen MR) is 100 cm³/mol. The maximum atomic E-state index is 15.2. The van der Waals surface area contributed by atoms with Gasteiger partial charge >= 0.3 is 0 Å². The second kappa shape index (κ2) is 7.46. The number of nitrogens with zero attached hydrogens (tertiary/aromatic N) is 1. The number of piperidine rings is 1. The second-order valence-corrected chi connectivity index (χ2v) is 6.65. The van der Waals surface area contributed by atoms with E-state index in [1.54, 1.807) is 0 Å². The Kier molecular flexibility index (Phi) is 3.50. The third-order valence-corrected chi connectivity index (χ3v) is 4.90. The number of hydrogen-bond donors (Lipinski definition) is 2. The van der Waals surface area contributed by atoms with Crippen molar-refractivity contribution in [1.82, 2.24) is 15.5 Å². The summed E-state index contributed by atoms with van der Waals surface area (Å²) in [4.78, 5) is 50.0. The summed E-state index contributed by atoms with van der Waals surface area (Å²) in [6.07, 6.45) is 0.195. The molecular weight excluding hydrogens is 377 g/mol. The molecule has 4 rings (SSSR count). The van der Waals surface area contributed by atoms with Crippen LogP contribution in [0.5, 0.6) is 0 Å². The molecule has 2 aliphatic rings. The maximum absolute atomic E-state index is 15.2. The lowest BCUT2D eigenvalue weighted by Crippen LogP contribution is -2.52. The molecule has 1 unspecified atom stereocenters. The van der Waals surface area contributed by atoms with Crippen molar-refractivity contribution in [2.45, 2.75) is 32.0 Å². The topological polar surface area (TPSA) is 95.6 Å². The maximum Gasteiger partial charge on any atom is 0.255 e. The van der Waals surface area contributed by atoms with E-state index in [-0.39, 0.29) is 42.6 Å². The molecule has 2 aromatic rings. The fourth-order valence-electron chi connectivity index (χ4n) is 3.42. The lowest BCUT2D eigenvalue weighted by atomic mass is 10.0. The Morgan fingerprint density at radius 2 is 2.00 bits per heavy atom. The van der Waals surface area contributed by atoms with E-state index < -0.39 is 71.3 Å². The molecule has 2 N–H and O–H groups in total. The smallest absolute Gasteiger partial charge is 0.255 e. The molecule has 1 fully saturated rings. The van der Waals surface area contributed by atoms with Gasteiger partial charge in [-0.25, -0.2) is 4.39 Å². The van der Waals surface area contributed by atoms with Crippen LogP contribution in [0.1, 0.15) is 51.5 Å². The van der Waals surface area contributed by atoms with Gasteiger partial charge < -0.3 is 10.2 Å². The summed E-state index contributed by atoms with van der Waals surface area (Å²) in [5.74, 6) is -3.34. The minimum absolute atomic E-state index is 0.0115. The Labute approximate surface area is 172 Å². The van der Waals surface area contributed by atoms with Gasteiger partial charge in [-0.15, -0.1) is 0 Å². The van der Waals surface area contributed by atoms with E-state index in [1.165, 1.54) is 17.0 Å². The number of amides is 4. The highest BCUT2D eigenvalue weighted by molar-refractivity contribution is 6.05. The second-order valence-electron chi connectivity index (χ2n) is 6.65. The highest BCUT2D eigenvalue weighted by atomic mass is 19.1. The molecule has 0 radical (unpaired) electrons. The van der Waals surface area contributed by atoms with Crippen LogP contribution in [0, 0.1) is 5.82 Å². The monoisotopic (exact) mass is 400 g/mol. The number of carbonyl (C=O) groups excluding carboxylic acids is 4. The molecule has 4 amide bonds. The normalized spacial score (nSPS) is 20.9. The summed E-state index contributed by atoms with van der Waals surface area (Å²) in [7, 11) is 0. The highest BCUT2D eigenvalue weighted by Gasteiger charge is 2.40. The molecule has 0 aliphatic carbocycles. The van der Waals surface area contributed by atoms with Gasteiger partial charge in [0.15, 0.2) is 0 Å². The van der Waals surface area contributed by atoms with Crippen molar-refractivity contribution < 1.29 is 30.4 Å². The zero-order valence-electron chi connectivity index (χ0n) is 20.0. The zero-order chi connectivity index (χ0) is 24.9. The molecule has 7 nitrogen and oxygen atoms in total. The first kappa shape index (κ1) is 13.6. The van der Waals surface area contributed by atoms with Crippen LogP contribution in [0.15, 0.2) is 42.3 Å². The SMILES string of the molecule is [2H]c1c([2H])c([2H])c(C(=O)NCc2ccc3c(c2F)CN(C2CCC(=O)NC2=O)C3=O)c([2H])c1[2H]. The number of rotatable bonds is 4. The van der Waals surface area contributed by atoms with E-state index in [1.807, 2.05) is 0 Å². The van der Waals surface area contributed by atoms with Gasteiger partial charge in [-0.1, -0.05) is 24.2 Å². The van der Waals surface area contributed by atoms with E-state index in [9.17, 15) is 19.2 Å². The molecule has 29 heavy (non-hydrogen) atoms. The van der Waals surface area contributed by atoms with Crippen LogP contribution in [0.2, 0.25) is 0 Å². The minimum atomic E-state index is -0.974. The van der Waals surface area contributed by atoms with Crippen molar-refractivity contribution >= 4 is 23.6 Å². The molecule has 148 valence electrons. The molecule has 2 aliphatic heterocycles. The van der Waals surface area contributed by atoms with Gasteiger partial charge in [-0.2, -0.15) is 0 Å². The third kappa shape index (κ3) is 3.49. The number of carbonyl (C=O) groups is 4. The summed E-state index contributed by atoms with van der Waals surface area (Å²) in [5.41, 5.74) is -0.434. The van der Waals surface area contributed by atoms with E-state index >= 15 is 4.39 Å². The average molecular weight is 400 g/mol. The quantitative estimate of drug-likeness (QED) is 0.761. The van der Waals surface area contributed by atoms with Gasteiger partial charge in [0, 0.05) is 35.2 Å². The summed E-state index contributed by atoms with van der Waals surface area (Å²) in [6.45, 7) is -0.552. The van der Waals surface area contributed by atoms with E-state index in [0.29, 0.717) is 0 Å². The molecular formula is C21H18FN3O4. The Hall–Kier alpha value is -3.55. The van der Waals surface area contributed by atoms with Crippen molar-refractivity contribution in [1.29, 1.82) is 0 Å². The summed E-state index contributed by atoms with van der Waals surface area (Å²) >= 11 is 0. The number of fused-ring (bicyclic) bond motifs is 1. The summed E-state index contributed by atoms with van der Waals surface area (Å²) in [5, 5.41) is 4.52. The van der Waals surface area contributed by atoms with Crippen molar-refractivity contribution in [2.75, 3.05) is 0 Å². The summed E-state index contributed by atoms with van der Waals surface area (Å²) in [6, 6.07) is -1.55. The van der Waals surface area contributed by atoms with Crippen LogP contribution < -0.4 is 10.6 Å². The number of nitrogens with one attached hydrogen (secondary N) is 2. The Morgan fingerprint density at radius 1 is 1.24 bits per heavy atom. The van der Waals surface area contributed by atoms with Crippen LogP contribution in [-0.2, 0) is 22.7 Å². The number of hydrogen-bond acceptors (Lipinski definition) is 4. The van der Waals surface area contributed by atoms with Gasteiger partial charge in [0.1, 0.15) is 11.9 Å². The number of imide groups is 1. The van der Waals surface area contributed by atoms with E-state index in [0.717, 1.165) is 0 Å². The first-order valence-electron chi connectivity index (χ1n) is 11.3. The van der Waals surface area contributed by atoms with Crippen molar-refractivity contribution in [2.24, 2.45) is 0 Å². The Balaban J connectivity index is 1.54. The average Bonchev–Trinajstić information content (AvgIpc) is 3.13. The van der Waals surface area contributed by atoms with Crippen molar-refractivity contribution in [3.8, 4) is 0 Å². The number of benzene rings is 2. The first-order valence-corrected chi connectivity index (χ1v) is 8.83. The molecule has 2 heterocycles. The van der Waals surface area contributed by atoms with Crippen LogP contribution in [0.25, 0.3) is 0 Å². The van der Waals surface area contributed by atoms with Gasteiger partial charge in [0.2, 0.25) is 11.8 Å². The van der Waals surface area contributed by atoms with Crippen molar-refractivity contribution in [3.63, 3.8) is 0 Å². The lowest BCUT2D eigenvalue weighted by Gasteiger charge is -2.29. The largest absolute Gasteiger partial charge is 0.348 e. The molecule has 1 atom stereocenters. The molecule has 0 saturated carbocycles. The van der Waals surface area contributed by atoms with Crippen molar-refractivity contribution in [3.05, 3.63) is 70.4 Å². The lowest BCUT2D eigenvalue weighted by molar-refractivity contribution is -0.136. The third-order valence-electron chi connectivity index (χ3n) is 4.90. The number of halogens is 1. The van der Waals surface area contributed by atoms with Crippen LogP contribution in [0.4, 0.5) is 4.39 Å². The molecule has 1 saturated heterocycles. The molecule has 0 bridgehead atoms. The molecule has 2 aromatic carbocycles. The van der Waals surface area contributed by atoms with Crippen LogP contribution in [-0.4, -0.2) is 34.6 Å². The first-order chi connectivity index (χ1) is 16.0. The van der Waals surface area contributed by atoms with E-state index in [2.05, 4.69) is 10.6 Å². The van der Waals surface area contributed by atoms with Crippen LogP contribution >= 0.6 is 0 Å². The fourth-order valence-corrected chi connectivity index (χ4v) is 3.42. The summed E-state index contributed by atoms with van der Waals surface area (Å²) < 4.78 is 53.8. The van der Waals surface area contributed by atoms with Gasteiger partial charge in [-0.05, 0) is 24.6 Å². The predicted octanol–water partition coefficient (Wildman–Crippen LogP) is 1.52. The van der Waals surface area contributed by atoms with Gasteiger partial charge in [-0.3, -0.25) is 24.5 Å². The van der Waals surface area contributed by atoms with Gasteiger partial charge in [0.25, 0.3) is 11.8 Å². The zero-order valence-corrected chi connectivity index (χ0v) is 15.0.